The van der Waals surface area contributed by atoms with Gasteiger partial charge < -0.3 is 14.0 Å². The summed E-state index contributed by atoms with van der Waals surface area (Å²) in [7, 11) is 0. The molecule has 0 atom stereocenters. The number of carbonyl (C=O) groups is 2. The van der Waals surface area contributed by atoms with E-state index in [9.17, 15) is 9.59 Å². The first-order valence-electron chi connectivity index (χ1n) is 4.62. The van der Waals surface area contributed by atoms with Crippen molar-refractivity contribution in [2.45, 2.75) is 11.9 Å². The lowest BCUT2D eigenvalue weighted by Gasteiger charge is -2.00. The number of carbonyl (C=O) groups excluding carboxylic acids is 1. The molecule has 0 saturated carbocycles. The highest BCUT2D eigenvalue weighted by molar-refractivity contribution is 7.95. The number of nitrogens with zero attached hydrogens (tertiary/aromatic N) is 1. The molecule has 2 N–H and O–H groups in total. The standard InChI is InChI=1S/C9H10N2O5S2/c1-3-4-15-8(12)11-7-10-6(5(2)17-7)18-16-9(13)14/h3H,1,4H2,2H3,(H,13,14)(H,10,11,12). The first kappa shape index (κ1) is 14.3. The average molecular weight is 290 g/mol. The lowest BCUT2D eigenvalue weighted by Crippen LogP contribution is -2.13. The van der Waals surface area contributed by atoms with Gasteiger partial charge in [-0.3, -0.25) is 5.32 Å². The molecule has 0 saturated heterocycles. The second-order valence-corrected chi connectivity index (χ2v) is 4.75. The molecule has 1 aromatic rings. The van der Waals surface area contributed by atoms with Crippen LogP contribution in [0.4, 0.5) is 14.7 Å². The van der Waals surface area contributed by atoms with Crippen molar-refractivity contribution in [2.75, 3.05) is 11.9 Å². The highest BCUT2D eigenvalue weighted by atomic mass is 32.2. The summed E-state index contributed by atoms with van der Waals surface area (Å²) >= 11 is 1.80. The third-order valence-corrected chi connectivity index (χ3v) is 3.28. The Morgan fingerprint density at radius 1 is 1.67 bits per heavy atom. The van der Waals surface area contributed by atoms with Crippen LogP contribution in [0.15, 0.2) is 17.7 Å². The number of aryl methyl sites for hydroxylation is 1. The Morgan fingerprint density at radius 3 is 3.00 bits per heavy atom. The van der Waals surface area contributed by atoms with Gasteiger partial charge in [0.2, 0.25) is 0 Å². The fourth-order valence-electron chi connectivity index (χ4n) is 0.846. The SMILES string of the molecule is C=CCOC(=O)Nc1nc(SOC(=O)O)c(C)s1. The zero-order valence-electron chi connectivity index (χ0n) is 9.34. The van der Waals surface area contributed by atoms with Crippen LogP contribution in [0.5, 0.6) is 0 Å². The minimum absolute atomic E-state index is 0.0971. The second kappa shape index (κ2) is 6.87. The molecular weight excluding hydrogens is 280 g/mol. The Bertz CT molecular complexity index is 460. The van der Waals surface area contributed by atoms with Crippen molar-refractivity contribution in [3.05, 3.63) is 17.5 Å². The molecule has 7 nitrogen and oxygen atoms in total. The van der Waals surface area contributed by atoms with E-state index in [0.29, 0.717) is 22.2 Å². The molecule has 0 unspecified atom stereocenters. The van der Waals surface area contributed by atoms with E-state index in [1.54, 1.807) is 6.92 Å². The van der Waals surface area contributed by atoms with Crippen molar-refractivity contribution < 1.29 is 23.6 Å². The van der Waals surface area contributed by atoms with Crippen molar-refractivity contribution >= 4 is 40.8 Å². The fourth-order valence-corrected chi connectivity index (χ4v) is 2.22. The fraction of sp³-hybridized carbons (Fsp3) is 0.222. The van der Waals surface area contributed by atoms with E-state index in [-0.39, 0.29) is 6.61 Å². The molecule has 0 radical (unpaired) electrons. The van der Waals surface area contributed by atoms with Crippen molar-refractivity contribution in [2.24, 2.45) is 0 Å². The number of nitrogens with one attached hydrogen (secondary N) is 1. The van der Waals surface area contributed by atoms with Gasteiger partial charge in [-0.05, 0) is 6.92 Å². The number of hydrogen-bond donors (Lipinski definition) is 2. The summed E-state index contributed by atoms with van der Waals surface area (Å²) in [6, 6.07) is 0. The number of amides is 1. The third-order valence-electron chi connectivity index (χ3n) is 1.49. The molecule has 1 heterocycles. The van der Waals surface area contributed by atoms with Gasteiger partial charge in [0.25, 0.3) is 0 Å². The van der Waals surface area contributed by atoms with Gasteiger partial charge in [-0.1, -0.05) is 12.7 Å². The molecule has 1 rings (SSSR count). The topological polar surface area (TPSA) is 97.8 Å². The first-order chi connectivity index (χ1) is 8.52. The Labute approximate surface area is 111 Å². The number of rotatable bonds is 5. The lowest BCUT2D eigenvalue weighted by atomic mass is 10.6. The van der Waals surface area contributed by atoms with Crippen LogP contribution in [-0.4, -0.2) is 28.9 Å². The molecule has 0 aliphatic rings. The monoisotopic (exact) mass is 290 g/mol. The summed E-state index contributed by atoms with van der Waals surface area (Å²) in [6.45, 7) is 5.23. The van der Waals surface area contributed by atoms with Crippen LogP contribution in [0.2, 0.25) is 0 Å². The van der Waals surface area contributed by atoms with Crippen LogP contribution in [0.1, 0.15) is 4.88 Å². The number of hydrogen-bond acceptors (Lipinski definition) is 7. The van der Waals surface area contributed by atoms with Crippen LogP contribution in [-0.2, 0) is 8.92 Å². The Morgan fingerprint density at radius 2 is 2.39 bits per heavy atom. The van der Waals surface area contributed by atoms with Gasteiger partial charge in [-0.2, -0.15) is 0 Å². The van der Waals surface area contributed by atoms with E-state index < -0.39 is 12.2 Å². The number of aromatic nitrogens is 1. The van der Waals surface area contributed by atoms with Gasteiger partial charge in [0.15, 0.2) is 10.2 Å². The molecule has 0 aliphatic carbocycles. The molecule has 1 aromatic heterocycles. The molecule has 9 heteroatoms. The highest BCUT2D eigenvalue weighted by Crippen LogP contribution is 2.30. The molecule has 0 aromatic carbocycles. The lowest BCUT2D eigenvalue weighted by molar-refractivity contribution is 0.152. The van der Waals surface area contributed by atoms with Crippen molar-refractivity contribution in [3.63, 3.8) is 0 Å². The van der Waals surface area contributed by atoms with Gasteiger partial charge >= 0.3 is 12.2 Å². The normalized spacial score (nSPS) is 9.61. The van der Waals surface area contributed by atoms with E-state index in [4.69, 9.17) is 9.84 Å². The summed E-state index contributed by atoms with van der Waals surface area (Å²) < 4.78 is 9.02. The van der Waals surface area contributed by atoms with E-state index in [1.165, 1.54) is 17.4 Å². The number of ether oxygens (including phenoxy) is 1. The van der Waals surface area contributed by atoms with E-state index in [2.05, 4.69) is 21.1 Å². The summed E-state index contributed by atoms with van der Waals surface area (Å²) in [5, 5.41) is 11.4. The smallest absolute Gasteiger partial charge is 0.449 e. The third kappa shape index (κ3) is 4.63. The van der Waals surface area contributed by atoms with Crippen LogP contribution in [0.3, 0.4) is 0 Å². The number of thiazole rings is 1. The maximum atomic E-state index is 11.2. The van der Waals surface area contributed by atoms with E-state index in [1.807, 2.05) is 0 Å². The maximum Gasteiger partial charge on any atom is 0.518 e. The average Bonchev–Trinajstić information content (AvgIpc) is 2.64. The minimum Gasteiger partial charge on any atom is -0.449 e. The largest absolute Gasteiger partial charge is 0.518 e. The molecule has 1 amide bonds. The van der Waals surface area contributed by atoms with E-state index >= 15 is 0 Å². The molecule has 98 valence electrons. The summed E-state index contributed by atoms with van der Waals surface area (Å²) in [4.78, 5) is 26.1. The van der Waals surface area contributed by atoms with Crippen LogP contribution in [0, 0.1) is 6.92 Å². The quantitative estimate of drug-likeness (QED) is 0.635. The summed E-state index contributed by atoms with van der Waals surface area (Å²) in [5.41, 5.74) is 0. The second-order valence-electron chi connectivity index (χ2n) is 2.83. The Kier molecular flexibility index (Phi) is 5.46. The van der Waals surface area contributed by atoms with Crippen LogP contribution >= 0.6 is 23.4 Å². The van der Waals surface area contributed by atoms with E-state index in [0.717, 1.165) is 4.88 Å². The predicted octanol–water partition coefficient (Wildman–Crippen LogP) is 2.89. The number of anilines is 1. The molecule has 0 fully saturated rings. The summed E-state index contributed by atoms with van der Waals surface area (Å²) in [6.07, 6.45) is -0.624. The van der Waals surface area contributed by atoms with Crippen molar-refractivity contribution in [1.29, 1.82) is 0 Å². The zero-order chi connectivity index (χ0) is 13.5. The predicted molar refractivity (Wildman–Crippen MR) is 67.0 cm³/mol. The number of carboxylic acid groups (broad SMARTS) is 1. The van der Waals surface area contributed by atoms with Gasteiger partial charge in [0.05, 0.1) is 0 Å². The van der Waals surface area contributed by atoms with Crippen LogP contribution < -0.4 is 5.32 Å². The van der Waals surface area contributed by atoms with Gasteiger partial charge in [0.1, 0.15) is 18.6 Å². The Balaban J connectivity index is 2.57. The highest BCUT2D eigenvalue weighted by Gasteiger charge is 2.13. The van der Waals surface area contributed by atoms with Crippen molar-refractivity contribution in [3.8, 4) is 0 Å². The zero-order valence-corrected chi connectivity index (χ0v) is 11.0. The molecule has 0 aliphatic heterocycles. The molecule has 0 bridgehead atoms. The molecular formula is C9H10N2O5S2. The Hall–Kier alpha value is -1.74. The maximum absolute atomic E-state index is 11.2. The van der Waals surface area contributed by atoms with Crippen molar-refractivity contribution in [1.82, 2.24) is 4.98 Å². The first-order valence-corrected chi connectivity index (χ1v) is 6.18. The molecule has 18 heavy (non-hydrogen) atoms. The summed E-state index contributed by atoms with van der Waals surface area (Å²) in [5.74, 6) is 0. The molecule has 0 spiro atoms. The van der Waals surface area contributed by atoms with Gasteiger partial charge in [0, 0.05) is 4.88 Å². The van der Waals surface area contributed by atoms with Gasteiger partial charge in [-0.15, -0.1) is 11.3 Å². The minimum atomic E-state index is -1.41. The van der Waals surface area contributed by atoms with Crippen LogP contribution in [0.25, 0.3) is 0 Å². The van der Waals surface area contributed by atoms with Gasteiger partial charge in [-0.25, -0.2) is 14.6 Å².